The first kappa shape index (κ1) is 15.7. The van der Waals surface area contributed by atoms with Crippen LogP contribution in [0.3, 0.4) is 0 Å². The maximum Gasteiger partial charge on any atom is 0.242 e. The van der Waals surface area contributed by atoms with E-state index in [0.717, 1.165) is 9.35 Å². The van der Waals surface area contributed by atoms with Crippen LogP contribution in [0.2, 0.25) is 0 Å². The molecule has 1 aromatic heterocycles. The van der Waals surface area contributed by atoms with Gasteiger partial charge in [0.15, 0.2) is 0 Å². The Kier molecular flexibility index (Phi) is 5.24. The van der Waals surface area contributed by atoms with Crippen molar-refractivity contribution < 1.29 is 8.42 Å². The van der Waals surface area contributed by atoms with Crippen LogP contribution in [0, 0.1) is 0 Å². The molecule has 0 saturated heterocycles. The van der Waals surface area contributed by atoms with Crippen molar-refractivity contribution in [3.05, 3.63) is 47.9 Å². The van der Waals surface area contributed by atoms with Gasteiger partial charge in [0.05, 0.1) is 4.90 Å². The minimum absolute atomic E-state index is 0.217. The summed E-state index contributed by atoms with van der Waals surface area (Å²) in [6.45, 7) is 0.263. The minimum Gasteiger partial charge on any atom is -0.207 e. The summed E-state index contributed by atoms with van der Waals surface area (Å²) in [5, 5.41) is 1.91. The quantitative estimate of drug-likeness (QED) is 0.686. The molecule has 0 bridgehead atoms. The Labute approximate surface area is 140 Å². The fourth-order valence-corrected chi connectivity index (χ4v) is 5.39. The molecule has 0 atom stereocenters. The van der Waals surface area contributed by atoms with E-state index in [9.17, 15) is 8.42 Å². The lowest BCUT2D eigenvalue weighted by Gasteiger charge is -2.08. The standard InChI is InChI=1S/C11H8Br3NO2S2/c12-7-1-2-9(14)11(5-7)19(16,17)15-6-10-8(13)3-4-18-10/h1-5,15H,6H2. The molecule has 0 saturated carbocycles. The zero-order valence-corrected chi connectivity index (χ0v) is 15.8. The van der Waals surface area contributed by atoms with Crippen molar-refractivity contribution in [3.63, 3.8) is 0 Å². The fraction of sp³-hybridized carbons (Fsp3) is 0.0909. The number of benzene rings is 1. The smallest absolute Gasteiger partial charge is 0.207 e. The highest BCUT2D eigenvalue weighted by Gasteiger charge is 2.18. The number of hydrogen-bond donors (Lipinski definition) is 1. The first-order valence-corrected chi connectivity index (χ1v) is 9.81. The normalized spacial score (nSPS) is 11.7. The molecule has 0 aliphatic heterocycles. The highest BCUT2D eigenvalue weighted by atomic mass is 79.9. The molecule has 0 aliphatic rings. The van der Waals surface area contributed by atoms with Crippen LogP contribution < -0.4 is 4.72 Å². The Bertz CT molecular complexity index is 698. The van der Waals surface area contributed by atoms with Gasteiger partial charge in [-0.15, -0.1) is 11.3 Å². The first-order chi connectivity index (χ1) is 8.90. The van der Waals surface area contributed by atoms with Crippen LogP contribution in [-0.2, 0) is 16.6 Å². The zero-order valence-electron chi connectivity index (χ0n) is 9.36. The van der Waals surface area contributed by atoms with Crippen molar-refractivity contribution in [1.82, 2.24) is 4.72 Å². The molecule has 0 unspecified atom stereocenters. The molecule has 3 nitrogen and oxygen atoms in total. The zero-order chi connectivity index (χ0) is 14.0. The van der Waals surface area contributed by atoms with Gasteiger partial charge >= 0.3 is 0 Å². The van der Waals surface area contributed by atoms with Gasteiger partial charge in [0.25, 0.3) is 0 Å². The average Bonchev–Trinajstić information content (AvgIpc) is 2.75. The van der Waals surface area contributed by atoms with Crippen molar-refractivity contribution in [2.75, 3.05) is 0 Å². The van der Waals surface area contributed by atoms with E-state index in [4.69, 9.17) is 0 Å². The van der Waals surface area contributed by atoms with Gasteiger partial charge in [-0.1, -0.05) is 15.9 Å². The molecule has 8 heteroatoms. The summed E-state index contributed by atoms with van der Waals surface area (Å²) in [6, 6.07) is 6.93. The van der Waals surface area contributed by atoms with Crippen molar-refractivity contribution in [2.24, 2.45) is 0 Å². The topological polar surface area (TPSA) is 46.2 Å². The van der Waals surface area contributed by atoms with Gasteiger partial charge in [-0.3, -0.25) is 0 Å². The second kappa shape index (κ2) is 6.36. The molecule has 1 aromatic carbocycles. The van der Waals surface area contributed by atoms with Crippen LogP contribution in [0.25, 0.3) is 0 Å². The lowest BCUT2D eigenvalue weighted by molar-refractivity contribution is 0.581. The van der Waals surface area contributed by atoms with Gasteiger partial charge < -0.3 is 0 Å². The van der Waals surface area contributed by atoms with E-state index in [1.165, 1.54) is 11.3 Å². The lowest BCUT2D eigenvalue weighted by Crippen LogP contribution is -2.23. The third-order valence-corrected chi connectivity index (χ3v) is 7.11. The summed E-state index contributed by atoms with van der Waals surface area (Å²) in [4.78, 5) is 1.16. The molecule has 2 aromatic rings. The highest BCUT2D eigenvalue weighted by Crippen LogP contribution is 2.27. The average molecular weight is 490 g/mol. The van der Waals surface area contributed by atoms with Gasteiger partial charge in [0.2, 0.25) is 10.0 Å². The van der Waals surface area contributed by atoms with Gasteiger partial charge in [0, 0.05) is 24.8 Å². The van der Waals surface area contributed by atoms with Gasteiger partial charge in [-0.25, -0.2) is 13.1 Å². The number of thiophene rings is 1. The number of sulfonamides is 1. The second-order valence-corrected chi connectivity index (χ2v) is 8.95. The molecule has 0 fully saturated rings. The Morgan fingerprint density at radius 2 is 1.84 bits per heavy atom. The Morgan fingerprint density at radius 3 is 2.47 bits per heavy atom. The Morgan fingerprint density at radius 1 is 1.11 bits per heavy atom. The molecule has 102 valence electrons. The van der Waals surface area contributed by atoms with Gasteiger partial charge in [-0.05, 0) is 61.5 Å². The number of rotatable bonds is 4. The summed E-state index contributed by atoms with van der Waals surface area (Å²) < 4.78 is 29.2. The van der Waals surface area contributed by atoms with Crippen LogP contribution in [-0.4, -0.2) is 8.42 Å². The van der Waals surface area contributed by atoms with Gasteiger partial charge in [0.1, 0.15) is 0 Å². The predicted octanol–water partition coefficient (Wildman–Crippen LogP) is 4.51. The molecule has 0 aliphatic carbocycles. The third kappa shape index (κ3) is 3.89. The van der Waals surface area contributed by atoms with Crippen molar-refractivity contribution in [2.45, 2.75) is 11.4 Å². The van der Waals surface area contributed by atoms with Crippen molar-refractivity contribution in [3.8, 4) is 0 Å². The molecular formula is C11H8Br3NO2S2. The van der Waals surface area contributed by atoms with Crippen LogP contribution in [0.5, 0.6) is 0 Å². The van der Waals surface area contributed by atoms with E-state index in [1.807, 2.05) is 11.4 Å². The lowest BCUT2D eigenvalue weighted by atomic mass is 10.4. The Hall–Kier alpha value is 0.270. The summed E-state index contributed by atoms with van der Waals surface area (Å²) in [6.07, 6.45) is 0. The number of hydrogen-bond acceptors (Lipinski definition) is 3. The highest BCUT2D eigenvalue weighted by molar-refractivity contribution is 9.11. The Balaban J connectivity index is 2.23. The first-order valence-electron chi connectivity index (χ1n) is 5.07. The predicted molar refractivity (Wildman–Crippen MR) is 87.9 cm³/mol. The monoisotopic (exact) mass is 487 g/mol. The van der Waals surface area contributed by atoms with Crippen LogP contribution in [0.4, 0.5) is 0 Å². The fourth-order valence-electron chi connectivity index (χ4n) is 1.37. The van der Waals surface area contributed by atoms with E-state index in [1.54, 1.807) is 18.2 Å². The van der Waals surface area contributed by atoms with E-state index < -0.39 is 10.0 Å². The molecule has 2 rings (SSSR count). The summed E-state index contributed by atoms with van der Waals surface area (Å²) in [5.74, 6) is 0. The summed E-state index contributed by atoms with van der Waals surface area (Å²) in [7, 11) is -3.55. The molecule has 0 spiro atoms. The van der Waals surface area contributed by atoms with Crippen LogP contribution >= 0.6 is 59.1 Å². The number of halogens is 3. The SMILES string of the molecule is O=S(=O)(NCc1sccc1Br)c1cc(Br)ccc1Br. The molecule has 0 radical (unpaired) electrons. The van der Waals surface area contributed by atoms with Crippen LogP contribution in [0.1, 0.15) is 4.88 Å². The van der Waals surface area contributed by atoms with Crippen LogP contribution in [0.15, 0.2) is 48.0 Å². The van der Waals surface area contributed by atoms with E-state index in [2.05, 4.69) is 52.5 Å². The van der Waals surface area contributed by atoms with Gasteiger partial charge in [-0.2, -0.15) is 0 Å². The van der Waals surface area contributed by atoms with E-state index in [-0.39, 0.29) is 11.4 Å². The molecule has 19 heavy (non-hydrogen) atoms. The second-order valence-electron chi connectivity index (χ2n) is 3.59. The van der Waals surface area contributed by atoms with Crippen molar-refractivity contribution in [1.29, 1.82) is 0 Å². The molecular weight excluding hydrogens is 482 g/mol. The molecule has 1 heterocycles. The van der Waals surface area contributed by atoms with Crippen molar-refractivity contribution >= 4 is 69.1 Å². The maximum atomic E-state index is 12.2. The summed E-state index contributed by atoms with van der Waals surface area (Å²) >= 11 is 11.4. The largest absolute Gasteiger partial charge is 0.242 e. The maximum absolute atomic E-state index is 12.2. The van der Waals surface area contributed by atoms with E-state index >= 15 is 0 Å². The third-order valence-electron chi connectivity index (χ3n) is 2.30. The summed E-state index contributed by atoms with van der Waals surface area (Å²) in [5.41, 5.74) is 0. The number of nitrogens with one attached hydrogen (secondary N) is 1. The minimum atomic E-state index is -3.55. The van der Waals surface area contributed by atoms with E-state index in [0.29, 0.717) is 8.95 Å². The molecule has 0 amide bonds. The molecule has 1 N–H and O–H groups in total.